The zero-order valence-electron chi connectivity index (χ0n) is 9.09. The molecule has 1 aromatic rings. The van der Waals surface area contributed by atoms with E-state index >= 15 is 0 Å². The molecule has 0 saturated heterocycles. The molecule has 2 rings (SSSR count). The number of ether oxygens (including phenoxy) is 3. The lowest BCUT2D eigenvalue weighted by Gasteiger charge is -2.05. The van der Waals surface area contributed by atoms with E-state index in [1.165, 1.54) is 0 Å². The molecule has 0 atom stereocenters. The van der Waals surface area contributed by atoms with Crippen molar-refractivity contribution >= 4 is 29.9 Å². The van der Waals surface area contributed by atoms with Crippen molar-refractivity contribution in [2.45, 2.75) is 0 Å². The second kappa shape index (κ2) is 6.38. The lowest BCUT2D eigenvalue weighted by Crippen LogP contribution is -2.23. The standard InChI is InChI=1S/C10H13N3O3.HI/c11-10(12)13-3-4-14-7-1-2-8-9(5-7)16-6-15-8;/h1-2,5H,3-4,6H2,(H4,11,12,13);1H. The Morgan fingerprint density at radius 1 is 1.29 bits per heavy atom. The second-order valence-corrected chi connectivity index (χ2v) is 3.17. The van der Waals surface area contributed by atoms with E-state index in [1.54, 1.807) is 12.1 Å². The zero-order chi connectivity index (χ0) is 11.4. The molecule has 1 aliphatic heterocycles. The van der Waals surface area contributed by atoms with Gasteiger partial charge in [0.1, 0.15) is 12.4 Å². The van der Waals surface area contributed by atoms with Crippen molar-refractivity contribution in [2.75, 3.05) is 19.9 Å². The molecule has 1 aromatic carbocycles. The Morgan fingerprint density at radius 3 is 2.82 bits per heavy atom. The summed E-state index contributed by atoms with van der Waals surface area (Å²) < 4.78 is 15.8. The van der Waals surface area contributed by atoms with Gasteiger partial charge in [0.2, 0.25) is 6.79 Å². The molecule has 17 heavy (non-hydrogen) atoms. The van der Waals surface area contributed by atoms with Crippen LogP contribution in [0.2, 0.25) is 0 Å². The Kier molecular flexibility index (Phi) is 5.13. The number of halogens is 1. The fourth-order valence-electron chi connectivity index (χ4n) is 1.30. The summed E-state index contributed by atoms with van der Waals surface area (Å²) in [7, 11) is 0. The minimum atomic E-state index is 0. The predicted molar refractivity (Wildman–Crippen MR) is 74.2 cm³/mol. The molecule has 1 heterocycles. The summed E-state index contributed by atoms with van der Waals surface area (Å²) in [6, 6.07) is 5.39. The first kappa shape index (κ1) is 13.7. The summed E-state index contributed by atoms with van der Waals surface area (Å²) in [5.74, 6) is 2.19. The molecule has 7 heteroatoms. The lowest BCUT2D eigenvalue weighted by molar-refractivity contribution is 0.174. The summed E-state index contributed by atoms with van der Waals surface area (Å²) in [6.45, 7) is 1.10. The number of nitrogens with two attached hydrogens (primary N) is 2. The third kappa shape index (κ3) is 3.84. The minimum Gasteiger partial charge on any atom is -0.492 e. The van der Waals surface area contributed by atoms with E-state index in [1.807, 2.05) is 6.07 Å². The van der Waals surface area contributed by atoms with Crippen LogP contribution in [0.25, 0.3) is 0 Å². The molecular formula is C10H14IN3O3. The summed E-state index contributed by atoms with van der Waals surface area (Å²) in [4.78, 5) is 3.80. The fraction of sp³-hybridized carbons (Fsp3) is 0.300. The minimum absolute atomic E-state index is 0. The largest absolute Gasteiger partial charge is 0.492 e. The maximum absolute atomic E-state index is 5.43. The first-order valence-corrected chi connectivity index (χ1v) is 4.83. The quantitative estimate of drug-likeness (QED) is 0.360. The number of hydrogen-bond donors (Lipinski definition) is 2. The van der Waals surface area contributed by atoms with Crippen LogP contribution in [0.3, 0.4) is 0 Å². The molecule has 0 unspecified atom stereocenters. The van der Waals surface area contributed by atoms with Gasteiger partial charge in [-0.2, -0.15) is 0 Å². The second-order valence-electron chi connectivity index (χ2n) is 3.17. The van der Waals surface area contributed by atoms with Gasteiger partial charge in [-0.3, -0.25) is 4.99 Å². The molecule has 0 amide bonds. The first-order chi connectivity index (χ1) is 7.75. The number of aliphatic imine (C=N–C) groups is 1. The van der Waals surface area contributed by atoms with Gasteiger partial charge in [-0.05, 0) is 12.1 Å². The Morgan fingerprint density at radius 2 is 2.06 bits per heavy atom. The molecule has 0 saturated carbocycles. The van der Waals surface area contributed by atoms with Crippen LogP contribution < -0.4 is 25.7 Å². The highest BCUT2D eigenvalue weighted by Gasteiger charge is 2.13. The topological polar surface area (TPSA) is 92.1 Å². The number of rotatable bonds is 4. The van der Waals surface area contributed by atoms with Crippen LogP contribution in [-0.2, 0) is 0 Å². The monoisotopic (exact) mass is 351 g/mol. The molecule has 4 N–H and O–H groups in total. The SMILES string of the molecule is I.NC(N)=NCCOc1ccc2c(c1)OCO2. The van der Waals surface area contributed by atoms with E-state index in [4.69, 9.17) is 25.7 Å². The molecule has 0 spiro atoms. The van der Waals surface area contributed by atoms with E-state index in [2.05, 4.69) is 4.99 Å². The van der Waals surface area contributed by atoms with Crippen LogP contribution in [0.4, 0.5) is 0 Å². The third-order valence-corrected chi connectivity index (χ3v) is 2.00. The highest BCUT2D eigenvalue weighted by Crippen LogP contribution is 2.34. The number of hydrogen-bond acceptors (Lipinski definition) is 4. The van der Waals surface area contributed by atoms with E-state index in [-0.39, 0.29) is 36.7 Å². The maximum Gasteiger partial charge on any atom is 0.231 e. The Hall–Kier alpha value is -1.38. The zero-order valence-corrected chi connectivity index (χ0v) is 11.4. The highest BCUT2D eigenvalue weighted by molar-refractivity contribution is 14.0. The van der Waals surface area contributed by atoms with Crippen LogP contribution in [-0.4, -0.2) is 25.9 Å². The Balaban J connectivity index is 0.00000144. The van der Waals surface area contributed by atoms with Gasteiger partial charge in [-0.15, -0.1) is 24.0 Å². The van der Waals surface area contributed by atoms with Gasteiger partial charge in [0.15, 0.2) is 17.5 Å². The number of benzene rings is 1. The molecule has 0 fully saturated rings. The Labute approximate surface area is 116 Å². The molecule has 0 bridgehead atoms. The summed E-state index contributed by atoms with van der Waals surface area (Å²) >= 11 is 0. The molecule has 6 nitrogen and oxygen atoms in total. The van der Waals surface area contributed by atoms with Crippen molar-refractivity contribution in [3.8, 4) is 17.2 Å². The van der Waals surface area contributed by atoms with Crippen molar-refractivity contribution in [1.82, 2.24) is 0 Å². The van der Waals surface area contributed by atoms with Crippen molar-refractivity contribution in [3.05, 3.63) is 18.2 Å². The van der Waals surface area contributed by atoms with Gasteiger partial charge in [0.05, 0.1) is 6.54 Å². The maximum atomic E-state index is 5.43. The van der Waals surface area contributed by atoms with E-state index in [0.29, 0.717) is 24.7 Å². The fourth-order valence-corrected chi connectivity index (χ4v) is 1.30. The number of fused-ring (bicyclic) bond motifs is 1. The van der Waals surface area contributed by atoms with Gasteiger partial charge in [0, 0.05) is 6.07 Å². The van der Waals surface area contributed by atoms with Crippen LogP contribution in [0.1, 0.15) is 0 Å². The third-order valence-electron chi connectivity index (χ3n) is 2.00. The van der Waals surface area contributed by atoms with Crippen molar-refractivity contribution in [2.24, 2.45) is 16.5 Å². The molecule has 0 aromatic heterocycles. The normalized spacial score (nSPS) is 11.5. The average Bonchev–Trinajstić information content (AvgIpc) is 2.71. The molecule has 0 radical (unpaired) electrons. The first-order valence-electron chi connectivity index (χ1n) is 4.83. The van der Waals surface area contributed by atoms with Crippen molar-refractivity contribution in [3.63, 3.8) is 0 Å². The average molecular weight is 351 g/mol. The summed E-state index contributed by atoms with van der Waals surface area (Å²) in [5.41, 5.74) is 10.4. The number of guanidine groups is 1. The van der Waals surface area contributed by atoms with E-state index in [0.717, 1.165) is 5.75 Å². The summed E-state index contributed by atoms with van der Waals surface area (Å²) in [6.07, 6.45) is 0. The lowest BCUT2D eigenvalue weighted by atomic mass is 10.3. The summed E-state index contributed by atoms with van der Waals surface area (Å²) in [5, 5.41) is 0. The molecule has 1 aliphatic rings. The molecule has 94 valence electrons. The van der Waals surface area contributed by atoms with Gasteiger partial charge in [0.25, 0.3) is 0 Å². The van der Waals surface area contributed by atoms with Crippen LogP contribution in [0.5, 0.6) is 17.2 Å². The molecule has 0 aliphatic carbocycles. The number of nitrogens with zero attached hydrogens (tertiary/aromatic N) is 1. The van der Waals surface area contributed by atoms with Crippen molar-refractivity contribution < 1.29 is 14.2 Å². The smallest absolute Gasteiger partial charge is 0.231 e. The van der Waals surface area contributed by atoms with Crippen LogP contribution >= 0.6 is 24.0 Å². The van der Waals surface area contributed by atoms with Crippen LogP contribution in [0.15, 0.2) is 23.2 Å². The van der Waals surface area contributed by atoms with Gasteiger partial charge in [-0.25, -0.2) is 0 Å². The Bertz CT molecular complexity index is 408. The van der Waals surface area contributed by atoms with Crippen molar-refractivity contribution in [1.29, 1.82) is 0 Å². The highest BCUT2D eigenvalue weighted by atomic mass is 127. The van der Waals surface area contributed by atoms with Gasteiger partial charge >= 0.3 is 0 Å². The van der Waals surface area contributed by atoms with E-state index in [9.17, 15) is 0 Å². The van der Waals surface area contributed by atoms with Gasteiger partial charge < -0.3 is 25.7 Å². The van der Waals surface area contributed by atoms with E-state index < -0.39 is 0 Å². The predicted octanol–water partition coefficient (Wildman–Crippen LogP) is 0.685. The van der Waals surface area contributed by atoms with Gasteiger partial charge in [-0.1, -0.05) is 0 Å². The molecular weight excluding hydrogens is 337 g/mol. The van der Waals surface area contributed by atoms with Crippen LogP contribution in [0, 0.1) is 0 Å².